The van der Waals surface area contributed by atoms with E-state index in [-0.39, 0.29) is 13.4 Å². The number of ether oxygens (including phenoxy) is 5. The van der Waals surface area contributed by atoms with E-state index in [2.05, 4.69) is 5.32 Å². The minimum absolute atomic E-state index is 0.146. The molecule has 1 aliphatic rings. The maximum Gasteiger partial charge on any atom is 0.344 e. The molecule has 0 saturated carbocycles. The lowest BCUT2D eigenvalue weighted by atomic mass is 10.2. The van der Waals surface area contributed by atoms with Gasteiger partial charge in [0.05, 0.1) is 6.61 Å². The van der Waals surface area contributed by atoms with Gasteiger partial charge in [-0.05, 0) is 38.1 Å². The smallest absolute Gasteiger partial charge is 0.344 e. The SMILES string of the molecule is CCOc1ccccc1OCC(=O)OC(C)C(=O)Nc1ccc2c(c1)OCO2. The van der Waals surface area contributed by atoms with Gasteiger partial charge in [0, 0.05) is 11.8 Å². The molecule has 1 unspecified atom stereocenters. The van der Waals surface area contributed by atoms with E-state index in [4.69, 9.17) is 23.7 Å². The summed E-state index contributed by atoms with van der Waals surface area (Å²) in [5.41, 5.74) is 0.513. The van der Waals surface area contributed by atoms with Crippen LogP contribution in [0.25, 0.3) is 0 Å². The topological polar surface area (TPSA) is 92.3 Å². The quantitative estimate of drug-likeness (QED) is 0.696. The molecule has 2 aromatic rings. The Morgan fingerprint density at radius 3 is 2.54 bits per heavy atom. The number of amides is 1. The van der Waals surface area contributed by atoms with E-state index in [1.807, 2.05) is 6.92 Å². The molecule has 0 fully saturated rings. The van der Waals surface area contributed by atoms with E-state index in [1.54, 1.807) is 42.5 Å². The van der Waals surface area contributed by atoms with Gasteiger partial charge in [0.25, 0.3) is 5.91 Å². The molecule has 0 bridgehead atoms. The van der Waals surface area contributed by atoms with E-state index >= 15 is 0 Å². The standard InChI is InChI=1S/C20H21NO7/c1-3-24-15-6-4-5-7-16(15)25-11-19(22)28-13(2)20(23)21-14-8-9-17-18(10-14)27-12-26-17/h4-10,13H,3,11-12H2,1-2H3,(H,21,23). The van der Waals surface area contributed by atoms with E-state index in [9.17, 15) is 9.59 Å². The molecule has 0 aromatic heterocycles. The van der Waals surface area contributed by atoms with Crippen molar-refractivity contribution in [1.29, 1.82) is 0 Å². The number of nitrogens with one attached hydrogen (secondary N) is 1. The van der Waals surface area contributed by atoms with Crippen molar-refractivity contribution >= 4 is 17.6 Å². The summed E-state index contributed by atoms with van der Waals surface area (Å²) in [6, 6.07) is 12.0. The van der Waals surface area contributed by atoms with E-state index in [0.717, 1.165) is 0 Å². The molecule has 1 heterocycles. The Kier molecular flexibility index (Phi) is 6.21. The number of hydrogen-bond acceptors (Lipinski definition) is 7. The number of esters is 1. The van der Waals surface area contributed by atoms with Crippen LogP contribution in [0.5, 0.6) is 23.0 Å². The fraction of sp³-hybridized carbons (Fsp3) is 0.300. The van der Waals surface area contributed by atoms with Crippen LogP contribution >= 0.6 is 0 Å². The maximum atomic E-state index is 12.2. The summed E-state index contributed by atoms with van der Waals surface area (Å²) in [4.78, 5) is 24.2. The van der Waals surface area contributed by atoms with Crippen molar-refractivity contribution in [3.8, 4) is 23.0 Å². The second kappa shape index (κ2) is 8.98. The molecule has 2 aromatic carbocycles. The van der Waals surface area contributed by atoms with Crippen molar-refractivity contribution in [2.45, 2.75) is 20.0 Å². The Bertz CT molecular complexity index is 852. The highest BCUT2D eigenvalue weighted by molar-refractivity contribution is 5.95. The number of para-hydroxylation sites is 2. The van der Waals surface area contributed by atoms with Crippen LogP contribution in [0.3, 0.4) is 0 Å². The minimum atomic E-state index is -0.997. The van der Waals surface area contributed by atoms with Crippen LogP contribution in [0.15, 0.2) is 42.5 Å². The summed E-state index contributed by atoms with van der Waals surface area (Å²) >= 11 is 0. The van der Waals surface area contributed by atoms with Crippen molar-refractivity contribution in [3.63, 3.8) is 0 Å². The number of carbonyl (C=O) groups excluding carboxylic acids is 2. The summed E-state index contributed by atoms with van der Waals surface area (Å²) in [5, 5.41) is 2.66. The molecule has 0 saturated heterocycles. The summed E-state index contributed by atoms with van der Waals surface area (Å²) in [7, 11) is 0. The fourth-order valence-electron chi connectivity index (χ4n) is 2.48. The minimum Gasteiger partial charge on any atom is -0.490 e. The number of hydrogen-bond donors (Lipinski definition) is 1. The Balaban J connectivity index is 1.49. The van der Waals surface area contributed by atoms with Crippen LogP contribution in [-0.4, -0.2) is 38.0 Å². The van der Waals surface area contributed by atoms with E-state index in [0.29, 0.717) is 35.3 Å². The molecule has 0 radical (unpaired) electrons. The first-order chi connectivity index (χ1) is 13.6. The van der Waals surface area contributed by atoms with Crippen LogP contribution in [-0.2, 0) is 14.3 Å². The highest BCUT2D eigenvalue weighted by atomic mass is 16.7. The zero-order valence-corrected chi connectivity index (χ0v) is 15.6. The average molecular weight is 387 g/mol. The Morgan fingerprint density at radius 2 is 1.79 bits per heavy atom. The van der Waals surface area contributed by atoms with Gasteiger partial charge in [-0.2, -0.15) is 0 Å². The molecule has 8 nitrogen and oxygen atoms in total. The Hall–Kier alpha value is -3.42. The largest absolute Gasteiger partial charge is 0.490 e. The molecule has 0 aliphatic carbocycles. The number of anilines is 1. The van der Waals surface area contributed by atoms with Gasteiger partial charge in [0.1, 0.15) is 0 Å². The van der Waals surface area contributed by atoms with Crippen LogP contribution in [0.4, 0.5) is 5.69 Å². The zero-order chi connectivity index (χ0) is 19.9. The van der Waals surface area contributed by atoms with Crippen molar-refractivity contribution in [1.82, 2.24) is 0 Å². The number of fused-ring (bicyclic) bond motifs is 1. The van der Waals surface area contributed by atoms with Gasteiger partial charge < -0.3 is 29.0 Å². The second-order valence-electron chi connectivity index (χ2n) is 5.86. The Morgan fingerprint density at radius 1 is 1.07 bits per heavy atom. The monoisotopic (exact) mass is 387 g/mol. The molecular weight excluding hydrogens is 366 g/mol. The molecule has 0 spiro atoms. The lowest BCUT2D eigenvalue weighted by Gasteiger charge is -2.15. The van der Waals surface area contributed by atoms with Crippen molar-refractivity contribution in [2.75, 3.05) is 25.3 Å². The number of benzene rings is 2. The summed E-state index contributed by atoms with van der Waals surface area (Å²) in [6.07, 6.45) is -0.997. The fourth-order valence-corrected chi connectivity index (χ4v) is 2.48. The van der Waals surface area contributed by atoms with Gasteiger partial charge >= 0.3 is 5.97 Å². The van der Waals surface area contributed by atoms with E-state index in [1.165, 1.54) is 6.92 Å². The molecular formula is C20H21NO7. The lowest BCUT2D eigenvalue weighted by molar-refractivity contribution is -0.155. The average Bonchev–Trinajstić information content (AvgIpc) is 3.15. The van der Waals surface area contributed by atoms with Gasteiger partial charge in [0.2, 0.25) is 6.79 Å². The highest BCUT2D eigenvalue weighted by Crippen LogP contribution is 2.34. The molecule has 28 heavy (non-hydrogen) atoms. The molecule has 1 N–H and O–H groups in total. The first kappa shape index (κ1) is 19.3. The predicted octanol–water partition coefficient (Wildman–Crippen LogP) is 2.76. The normalized spacial score (nSPS) is 12.8. The third kappa shape index (κ3) is 4.85. The molecule has 1 aliphatic heterocycles. The van der Waals surface area contributed by atoms with Crippen LogP contribution < -0.4 is 24.3 Å². The van der Waals surface area contributed by atoms with Gasteiger partial charge in [-0.3, -0.25) is 4.79 Å². The summed E-state index contributed by atoms with van der Waals surface area (Å²) < 4.78 is 26.5. The third-order valence-electron chi connectivity index (χ3n) is 3.81. The van der Waals surface area contributed by atoms with Crippen molar-refractivity contribution in [3.05, 3.63) is 42.5 Å². The van der Waals surface area contributed by atoms with Crippen LogP contribution in [0, 0.1) is 0 Å². The van der Waals surface area contributed by atoms with Gasteiger partial charge in [-0.25, -0.2) is 4.79 Å². The molecule has 3 rings (SSSR count). The van der Waals surface area contributed by atoms with Crippen molar-refractivity contribution < 1.29 is 33.3 Å². The van der Waals surface area contributed by atoms with Crippen molar-refractivity contribution in [2.24, 2.45) is 0 Å². The molecule has 1 atom stereocenters. The first-order valence-corrected chi connectivity index (χ1v) is 8.81. The van der Waals surface area contributed by atoms with Gasteiger partial charge in [-0.1, -0.05) is 12.1 Å². The third-order valence-corrected chi connectivity index (χ3v) is 3.81. The van der Waals surface area contributed by atoms with Gasteiger partial charge in [-0.15, -0.1) is 0 Å². The predicted molar refractivity (Wildman–Crippen MR) is 99.9 cm³/mol. The number of carbonyl (C=O) groups is 2. The molecule has 148 valence electrons. The Labute approximate surface area is 162 Å². The summed E-state index contributed by atoms with van der Waals surface area (Å²) in [5.74, 6) is 0.984. The van der Waals surface area contributed by atoms with Gasteiger partial charge in [0.15, 0.2) is 35.7 Å². The lowest BCUT2D eigenvalue weighted by Crippen LogP contribution is -2.31. The molecule has 8 heteroatoms. The van der Waals surface area contributed by atoms with E-state index < -0.39 is 18.0 Å². The van der Waals surface area contributed by atoms with Crippen LogP contribution in [0.1, 0.15) is 13.8 Å². The van der Waals surface area contributed by atoms with Crippen LogP contribution in [0.2, 0.25) is 0 Å². The highest BCUT2D eigenvalue weighted by Gasteiger charge is 2.20. The molecule has 1 amide bonds. The first-order valence-electron chi connectivity index (χ1n) is 8.81. The maximum absolute atomic E-state index is 12.2. The number of rotatable bonds is 8. The zero-order valence-electron chi connectivity index (χ0n) is 15.6. The second-order valence-corrected chi connectivity index (χ2v) is 5.86. The summed E-state index contributed by atoms with van der Waals surface area (Å²) in [6.45, 7) is 3.61.